The van der Waals surface area contributed by atoms with Crippen LogP contribution in [0.2, 0.25) is 0 Å². The number of furan rings is 1. The van der Waals surface area contributed by atoms with Gasteiger partial charge in [-0.05, 0) is 140 Å². The lowest BCUT2D eigenvalue weighted by molar-refractivity contribution is 0.590. The normalized spacial score (nSPS) is 12.9. The van der Waals surface area contributed by atoms with Gasteiger partial charge in [0.15, 0.2) is 5.58 Å². The van der Waals surface area contributed by atoms with Crippen LogP contribution in [0.4, 0.5) is 51.2 Å². The summed E-state index contributed by atoms with van der Waals surface area (Å²) < 4.78 is 6.91. The number of rotatable bonds is 6. The first-order valence-corrected chi connectivity index (χ1v) is 23.9. The van der Waals surface area contributed by atoms with Crippen molar-refractivity contribution in [3.8, 4) is 11.1 Å². The van der Waals surface area contributed by atoms with Gasteiger partial charge in [0.1, 0.15) is 5.58 Å². The van der Waals surface area contributed by atoms with Gasteiger partial charge in [-0.1, -0.05) is 158 Å². The lowest BCUT2D eigenvalue weighted by atomic mass is 9.33. The molecule has 0 aliphatic carbocycles. The summed E-state index contributed by atoms with van der Waals surface area (Å²) in [6, 6.07) is 68.2. The highest BCUT2D eigenvalue weighted by atomic mass is 16.3. The van der Waals surface area contributed by atoms with Crippen LogP contribution in [0.1, 0.15) is 54.2 Å². The molecule has 0 saturated heterocycles. The molecule has 0 saturated carbocycles. The van der Waals surface area contributed by atoms with E-state index in [4.69, 9.17) is 4.42 Å². The molecular formula is C63H54BN3O. The van der Waals surface area contributed by atoms with Crippen molar-refractivity contribution >= 4 is 96.2 Å². The van der Waals surface area contributed by atoms with E-state index in [9.17, 15) is 0 Å². The maximum atomic E-state index is 6.91. The monoisotopic (exact) mass is 879 g/mol. The van der Waals surface area contributed by atoms with Crippen LogP contribution in [0.25, 0.3) is 33.1 Å². The standard InChI is InChI=1S/C63H54BN3O/c1-39-16-23-44(24-17-39)51-34-41(3)20-31-54(51)67-56-33-22-43(5)36-53(56)64-52-35-42(4)21-32-55(52)66(47-27-18-40(2)19-28-47)58-37-48(38-59(67)61(58)64)65(46-29-25-45(26-30-46)63(6,7)8)57-14-11-13-50-49-12-9-10-15-60(49)68-62(50)57/h9-38H,1-8H3. The predicted octanol–water partition coefficient (Wildman–Crippen LogP) is 15.6. The van der Waals surface area contributed by atoms with Crippen LogP contribution in [-0.4, -0.2) is 6.71 Å². The van der Waals surface area contributed by atoms with E-state index in [2.05, 4.69) is 252 Å². The van der Waals surface area contributed by atoms with E-state index >= 15 is 0 Å². The molecule has 12 rings (SSSR count). The molecule has 2 aliphatic heterocycles. The molecule has 1 aromatic heterocycles. The first kappa shape index (κ1) is 41.7. The molecule has 0 N–H and O–H groups in total. The number of nitrogens with zero attached hydrogens (tertiary/aromatic N) is 3. The number of hydrogen-bond acceptors (Lipinski definition) is 4. The molecule has 0 bridgehead atoms. The highest BCUT2D eigenvalue weighted by Gasteiger charge is 2.44. The summed E-state index contributed by atoms with van der Waals surface area (Å²) in [6.07, 6.45) is 0. The molecule has 0 radical (unpaired) electrons. The van der Waals surface area contributed by atoms with Gasteiger partial charge in [-0.15, -0.1) is 0 Å². The SMILES string of the molecule is Cc1ccc(-c2cc(C)ccc2N2c3ccc(C)cc3B3c4cc(C)ccc4N(c4ccc(C)cc4)c4cc(N(c5ccc(C(C)(C)C)cc5)c5cccc6c5oc5ccccc56)cc2c43)cc1. The number of benzene rings is 9. The summed E-state index contributed by atoms with van der Waals surface area (Å²) in [5.41, 5.74) is 25.5. The minimum absolute atomic E-state index is 0.0111. The van der Waals surface area contributed by atoms with Gasteiger partial charge in [-0.25, -0.2) is 0 Å². The first-order chi connectivity index (χ1) is 32.9. The Bertz CT molecular complexity index is 3620. The van der Waals surface area contributed by atoms with Crippen LogP contribution in [-0.2, 0) is 5.41 Å². The fraction of sp³-hybridized carbons (Fsp3) is 0.143. The third kappa shape index (κ3) is 6.74. The van der Waals surface area contributed by atoms with Crippen molar-refractivity contribution in [1.29, 1.82) is 0 Å². The Hall–Kier alpha value is -7.76. The van der Waals surface area contributed by atoms with Crippen LogP contribution < -0.4 is 31.1 Å². The van der Waals surface area contributed by atoms with Crippen LogP contribution in [0.5, 0.6) is 0 Å². The molecule has 10 aromatic rings. The second kappa shape index (κ2) is 15.7. The van der Waals surface area contributed by atoms with Gasteiger partial charge >= 0.3 is 0 Å². The quantitative estimate of drug-likeness (QED) is 0.155. The highest BCUT2D eigenvalue weighted by Crippen LogP contribution is 2.51. The average Bonchev–Trinajstić information content (AvgIpc) is 3.72. The zero-order chi connectivity index (χ0) is 46.6. The predicted molar refractivity (Wildman–Crippen MR) is 290 cm³/mol. The second-order valence-electron chi connectivity index (χ2n) is 20.2. The highest BCUT2D eigenvalue weighted by molar-refractivity contribution is 7.00. The topological polar surface area (TPSA) is 22.9 Å². The van der Waals surface area contributed by atoms with Gasteiger partial charge in [0, 0.05) is 50.5 Å². The van der Waals surface area contributed by atoms with Crippen molar-refractivity contribution in [2.75, 3.05) is 14.7 Å². The molecule has 0 amide bonds. The maximum absolute atomic E-state index is 6.91. The average molecular weight is 880 g/mol. The number of fused-ring (bicyclic) bond motifs is 7. The van der Waals surface area contributed by atoms with Crippen molar-refractivity contribution in [1.82, 2.24) is 0 Å². The molecule has 68 heavy (non-hydrogen) atoms. The van der Waals surface area contributed by atoms with Crippen molar-refractivity contribution in [2.45, 2.75) is 60.8 Å². The Labute approximate surface area is 400 Å². The molecule has 5 heteroatoms. The number of hydrogen-bond donors (Lipinski definition) is 0. The molecule has 0 atom stereocenters. The molecular weight excluding hydrogens is 826 g/mol. The van der Waals surface area contributed by atoms with Crippen LogP contribution in [0, 0.1) is 34.6 Å². The lowest BCUT2D eigenvalue weighted by Gasteiger charge is -2.45. The van der Waals surface area contributed by atoms with Crippen LogP contribution in [0.15, 0.2) is 186 Å². The summed E-state index contributed by atoms with van der Waals surface area (Å²) >= 11 is 0. The number of para-hydroxylation sites is 2. The van der Waals surface area contributed by atoms with Crippen LogP contribution >= 0.6 is 0 Å². The van der Waals surface area contributed by atoms with E-state index in [0.29, 0.717) is 0 Å². The molecule has 9 aromatic carbocycles. The molecule has 3 heterocycles. The van der Waals surface area contributed by atoms with E-state index in [1.807, 2.05) is 0 Å². The first-order valence-electron chi connectivity index (χ1n) is 23.9. The Morgan fingerprint density at radius 3 is 1.68 bits per heavy atom. The summed E-state index contributed by atoms with van der Waals surface area (Å²) in [4.78, 5) is 7.52. The summed E-state index contributed by atoms with van der Waals surface area (Å²) in [5.74, 6) is 0. The smallest absolute Gasteiger partial charge is 0.252 e. The van der Waals surface area contributed by atoms with Gasteiger partial charge in [0.05, 0.1) is 17.1 Å². The molecule has 0 spiro atoms. The maximum Gasteiger partial charge on any atom is 0.252 e. The van der Waals surface area contributed by atoms with E-state index in [-0.39, 0.29) is 12.1 Å². The molecule has 0 unspecified atom stereocenters. The number of aryl methyl sites for hydroxylation is 5. The van der Waals surface area contributed by atoms with E-state index in [0.717, 1.165) is 61.8 Å². The molecule has 2 aliphatic rings. The Balaban J connectivity index is 1.22. The van der Waals surface area contributed by atoms with Crippen molar-refractivity contribution in [2.24, 2.45) is 0 Å². The zero-order valence-electron chi connectivity index (χ0n) is 40.1. The number of anilines is 9. The second-order valence-corrected chi connectivity index (χ2v) is 20.2. The summed E-state index contributed by atoms with van der Waals surface area (Å²) in [7, 11) is 0. The van der Waals surface area contributed by atoms with Crippen molar-refractivity contribution < 1.29 is 4.42 Å². The van der Waals surface area contributed by atoms with Crippen LogP contribution in [0.3, 0.4) is 0 Å². The molecule has 0 fully saturated rings. The van der Waals surface area contributed by atoms with Gasteiger partial charge < -0.3 is 19.1 Å². The lowest BCUT2D eigenvalue weighted by Crippen LogP contribution is -2.61. The van der Waals surface area contributed by atoms with E-state index in [1.54, 1.807) is 0 Å². The van der Waals surface area contributed by atoms with Crippen molar-refractivity contribution in [3.05, 3.63) is 215 Å². The summed E-state index contributed by atoms with van der Waals surface area (Å²) in [6.45, 7) is 17.8. The largest absolute Gasteiger partial charge is 0.454 e. The van der Waals surface area contributed by atoms with E-state index in [1.165, 1.54) is 72.3 Å². The Morgan fingerprint density at radius 2 is 1.01 bits per heavy atom. The summed E-state index contributed by atoms with van der Waals surface area (Å²) in [5, 5.41) is 2.20. The zero-order valence-corrected chi connectivity index (χ0v) is 40.1. The minimum Gasteiger partial charge on any atom is -0.454 e. The van der Waals surface area contributed by atoms with E-state index < -0.39 is 0 Å². The van der Waals surface area contributed by atoms with Gasteiger partial charge in [0.25, 0.3) is 6.71 Å². The fourth-order valence-corrected chi connectivity index (χ4v) is 10.8. The Morgan fingerprint density at radius 1 is 0.456 bits per heavy atom. The fourth-order valence-electron chi connectivity index (χ4n) is 10.8. The van der Waals surface area contributed by atoms with Gasteiger partial charge in [-0.3, -0.25) is 0 Å². The van der Waals surface area contributed by atoms with Gasteiger partial charge in [0.2, 0.25) is 0 Å². The third-order valence-corrected chi connectivity index (χ3v) is 14.3. The van der Waals surface area contributed by atoms with Gasteiger partial charge in [-0.2, -0.15) is 0 Å². The molecule has 330 valence electrons. The third-order valence-electron chi connectivity index (χ3n) is 14.3. The molecule has 4 nitrogen and oxygen atoms in total. The Kier molecular flexibility index (Phi) is 9.60. The van der Waals surface area contributed by atoms with Crippen molar-refractivity contribution in [3.63, 3.8) is 0 Å². The minimum atomic E-state index is -0.0246.